The van der Waals surface area contributed by atoms with Crippen LogP contribution < -0.4 is 0 Å². The predicted octanol–water partition coefficient (Wildman–Crippen LogP) is 1.58. The number of amides is 1. The Labute approximate surface area is 134 Å². The van der Waals surface area contributed by atoms with Gasteiger partial charge in [0.1, 0.15) is 0 Å². The second-order valence-electron chi connectivity index (χ2n) is 5.31. The Hall–Kier alpha value is -1.60. The lowest BCUT2D eigenvalue weighted by Gasteiger charge is -2.22. The Morgan fingerprint density at radius 3 is 2.77 bits per heavy atom. The Morgan fingerprint density at radius 2 is 2.09 bits per heavy atom. The quantitative estimate of drug-likeness (QED) is 0.784. The van der Waals surface area contributed by atoms with Gasteiger partial charge in [0.15, 0.2) is 15.0 Å². The summed E-state index contributed by atoms with van der Waals surface area (Å²) in [6, 6.07) is 8.74. The summed E-state index contributed by atoms with van der Waals surface area (Å²) < 4.78 is 23.5. The van der Waals surface area contributed by atoms with Crippen LogP contribution in [0.2, 0.25) is 0 Å². The molecule has 0 N–H and O–H groups in total. The van der Waals surface area contributed by atoms with Gasteiger partial charge in [-0.1, -0.05) is 36.0 Å². The molecule has 3 rings (SSSR count). The minimum absolute atomic E-state index is 0.0488. The monoisotopic (exact) mass is 336 g/mol. The first-order valence-electron chi connectivity index (χ1n) is 6.93. The molecule has 7 heteroatoms. The number of nitrogens with zero attached hydrogens (tertiary/aromatic N) is 2. The van der Waals surface area contributed by atoms with Crippen molar-refractivity contribution in [1.82, 2.24) is 4.90 Å². The van der Waals surface area contributed by atoms with Crippen LogP contribution in [0.15, 0.2) is 48.0 Å². The number of benzene rings is 1. The Kier molecular flexibility index (Phi) is 4.10. The number of fused-ring (bicyclic) bond motifs is 1. The summed E-state index contributed by atoms with van der Waals surface area (Å²) in [5.74, 6) is -0.0361. The molecule has 1 amide bonds. The second kappa shape index (κ2) is 5.89. The van der Waals surface area contributed by atoms with Crippen LogP contribution in [-0.4, -0.2) is 53.7 Å². The van der Waals surface area contributed by atoms with Gasteiger partial charge in [-0.15, -0.1) is 6.58 Å². The van der Waals surface area contributed by atoms with Crippen LogP contribution >= 0.6 is 11.8 Å². The molecule has 0 radical (unpaired) electrons. The van der Waals surface area contributed by atoms with Gasteiger partial charge in [-0.05, 0) is 12.1 Å². The number of sulfone groups is 1. The van der Waals surface area contributed by atoms with Crippen molar-refractivity contribution in [3.05, 3.63) is 48.6 Å². The molecule has 0 aromatic heterocycles. The molecule has 2 fully saturated rings. The molecular weight excluding hydrogens is 320 g/mol. The van der Waals surface area contributed by atoms with Crippen LogP contribution in [-0.2, 0) is 9.84 Å². The highest BCUT2D eigenvalue weighted by Gasteiger charge is 2.48. The Morgan fingerprint density at radius 1 is 1.36 bits per heavy atom. The molecule has 0 aliphatic carbocycles. The van der Waals surface area contributed by atoms with Crippen LogP contribution in [0.3, 0.4) is 0 Å². The van der Waals surface area contributed by atoms with Gasteiger partial charge in [-0.25, -0.2) is 8.42 Å². The van der Waals surface area contributed by atoms with E-state index in [4.69, 9.17) is 0 Å². The third kappa shape index (κ3) is 2.96. The molecule has 116 valence electrons. The van der Waals surface area contributed by atoms with Crippen LogP contribution in [0, 0.1) is 0 Å². The van der Waals surface area contributed by atoms with Gasteiger partial charge >= 0.3 is 0 Å². The summed E-state index contributed by atoms with van der Waals surface area (Å²) in [4.78, 5) is 18.3. The Bertz CT molecular complexity index is 728. The Balaban J connectivity index is 1.86. The molecule has 2 atom stereocenters. The summed E-state index contributed by atoms with van der Waals surface area (Å²) in [5.41, 5.74) is 0.527. The molecule has 2 saturated heterocycles. The van der Waals surface area contributed by atoms with E-state index in [0.29, 0.717) is 17.3 Å². The fraction of sp³-hybridized carbons (Fsp3) is 0.333. The van der Waals surface area contributed by atoms with E-state index in [9.17, 15) is 13.2 Å². The molecule has 1 aromatic rings. The molecule has 2 aliphatic rings. The first-order valence-corrected chi connectivity index (χ1v) is 9.63. The fourth-order valence-electron chi connectivity index (χ4n) is 2.72. The maximum Gasteiger partial charge on any atom is 0.279 e. The molecule has 2 aliphatic heterocycles. The number of aliphatic imine (C=N–C) groups is 1. The number of carbonyl (C=O) groups is 1. The molecule has 2 heterocycles. The van der Waals surface area contributed by atoms with E-state index in [2.05, 4.69) is 11.6 Å². The van der Waals surface area contributed by atoms with E-state index in [1.54, 1.807) is 30.3 Å². The first kappa shape index (κ1) is 15.3. The number of carbonyl (C=O) groups excluding carboxylic acids is 1. The van der Waals surface area contributed by atoms with E-state index in [1.807, 2.05) is 11.0 Å². The molecule has 5 nitrogen and oxygen atoms in total. The number of thioether (sulfide) groups is 1. The van der Waals surface area contributed by atoms with Crippen molar-refractivity contribution in [1.29, 1.82) is 0 Å². The van der Waals surface area contributed by atoms with E-state index < -0.39 is 9.84 Å². The lowest BCUT2D eigenvalue weighted by molar-refractivity contribution is 0.100. The van der Waals surface area contributed by atoms with E-state index in [0.717, 1.165) is 0 Å². The molecule has 22 heavy (non-hydrogen) atoms. The fourth-order valence-corrected chi connectivity index (χ4v) is 6.68. The van der Waals surface area contributed by atoms with Crippen molar-refractivity contribution in [2.45, 2.75) is 11.3 Å². The summed E-state index contributed by atoms with van der Waals surface area (Å²) in [6.45, 7) is 4.20. The summed E-state index contributed by atoms with van der Waals surface area (Å²) >= 11 is 1.38. The van der Waals surface area contributed by atoms with Crippen LogP contribution in [0.1, 0.15) is 10.4 Å². The van der Waals surface area contributed by atoms with Gasteiger partial charge in [0.25, 0.3) is 5.91 Å². The lowest BCUT2D eigenvalue weighted by atomic mass is 10.2. The minimum atomic E-state index is -3.00. The maximum atomic E-state index is 12.2. The average Bonchev–Trinajstić information content (AvgIpc) is 2.93. The van der Waals surface area contributed by atoms with Crippen molar-refractivity contribution in [2.24, 2.45) is 4.99 Å². The predicted molar refractivity (Wildman–Crippen MR) is 88.9 cm³/mol. The van der Waals surface area contributed by atoms with Crippen molar-refractivity contribution in [2.75, 3.05) is 18.1 Å². The van der Waals surface area contributed by atoms with E-state index in [-0.39, 0.29) is 28.7 Å². The second-order valence-corrected chi connectivity index (χ2v) is 8.67. The zero-order valence-electron chi connectivity index (χ0n) is 11.9. The van der Waals surface area contributed by atoms with Crippen molar-refractivity contribution >= 4 is 32.7 Å². The van der Waals surface area contributed by atoms with Crippen LogP contribution in [0.5, 0.6) is 0 Å². The van der Waals surface area contributed by atoms with Gasteiger partial charge in [0, 0.05) is 17.4 Å². The highest BCUT2D eigenvalue weighted by molar-refractivity contribution is 8.15. The van der Waals surface area contributed by atoms with Gasteiger partial charge in [-0.3, -0.25) is 4.79 Å². The topological polar surface area (TPSA) is 66.8 Å². The summed E-state index contributed by atoms with van der Waals surface area (Å²) in [5, 5.41) is 0.547. The third-order valence-corrected chi connectivity index (χ3v) is 6.97. The van der Waals surface area contributed by atoms with Gasteiger partial charge in [0.2, 0.25) is 0 Å². The van der Waals surface area contributed by atoms with Gasteiger partial charge in [-0.2, -0.15) is 4.99 Å². The molecular formula is C15H16N2O3S2. The van der Waals surface area contributed by atoms with E-state index in [1.165, 1.54) is 11.8 Å². The van der Waals surface area contributed by atoms with Crippen LogP contribution in [0.25, 0.3) is 0 Å². The smallest absolute Gasteiger partial charge is 0.279 e. The number of hydrogen-bond acceptors (Lipinski definition) is 4. The molecule has 1 aromatic carbocycles. The summed E-state index contributed by atoms with van der Waals surface area (Å²) in [7, 11) is -3.00. The SMILES string of the molecule is C=CCN1C(=NC(=O)c2ccccc2)S[C@@H]2CS(=O)(=O)C[C@@H]21. The van der Waals surface area contributed by atoms with Crippen molar-refractivity contribution < 1.29 is 13.2 Å². The van der Waals surface area contributed by atoms with Gasteiger partial charge in [0.05, 0.1) is 17.5 Å². The molecule has 0 unspecified atom stereocenters. The first-order chi connectivity index (χ1) is 10.5. The van der Waals surface area contributed by atoms with E-state index >= 15 is 0 Å². The highest BCUT2D eigenvalue weighted by Crippen LogP contribution is 2.38. The average molecular weight is 336 g/mol. The number of hydrogen-bond donors (Lipinski definition) is 0. The maximum absolute atomic E-state index is 12.2. The zero-order chi connectivity index (χ0) is 15.7. The van der Waals surface area contributed by atoms with Crippen LogP contribution in [0.4, 0.5) is 0 Å². The summed E-state index contributed by atoms with van der Waals surface area (Å²) in [6.07, 6.45) is 1.70. The van der Waals surface area contributed by atoms with Gasteiger partial charge < -0.3 is 4.90 Å². The molecule has 0 saturated carbocycles. The zero-order valence-corrected chi connectivity index (χ0v) is 13.5. The lowest BCUT2D eigenvalue weighted by Crippen LogP contribution is -2.37. The largest absolute Gasteiger partial charge is 0.342 e. The number of rotatable bonds is 3. The standard InChI is InChI=1S/C15H16N2O3S2/c1-2-8-17-12-9-22(19,20)10-13(12)21-15(17)16-14(18)11-6-4-3-5-7-11/h2-7,12-13H,1,8-10H2/t12-,13+/m0/s1. The van der Waals surface area contributed by atoms with Crippen molar-refractivity contribution in [3.63, 3.8) is 0 Å². The molecule has 0 bridgehead atoms. The van der Waals surface area contributed by atoms with Crippen molar-refractivity contribution in [3.8, 4) is 0 Å². The highest BCUT2D eigenvalue weighted by atomic mass is 32.2. The normalized spacial score (nSPS) is 27.8. The number of amidine groups is 1. The molecule has 0 spiro atoms. The third-order valence-electron chi connectivity index (χ3n) is 3.72. The minimum Gasteiger partial charge on any atom is -0.342 e.